The summed E-state index contributed by atoms with van der Waals surface area (Å²) in [7, 11) is 1.58. The second kappa shape index (κ2) is 7.43. The van der Waals surface area contributed by atoms with E-state index in [0.29, 0.717) is 17.2 Å². The van der Waals surface area contributed by atoms with E-state index in [4.69, 9.17) is 4.74 Å². The Morgan fingerprint density at radius 1 is 1.52 bits per heavy atom. The van der Waals surface area contributed by atoms with Gasteiger partial charge in [-0.05, 0) is 39.3 Å². The van der Waals surface area contributed by atoms with Crippen molar-refractivity contribution >= 4 is 17.7 Å². The number of hydrogen-bond acceptors (Lipinski definition) is 5. The number of thioether (sulfide) groups is 1. The van der Waals surface area contributed by atoms with Crippen LogP contribution in [0.4, 0.5) is 0 Å². The Hall–Kier alpha value is -1.58. The van der Waals surface area contributed by atoms with Gasteiger partial charge in [0.25, 0.3) is 0 Å². The summed E-state index contributed by atoms with van der Waals surface area (Å²) in [5.41, 5.74) is 1.82. The van der Waals surface area contributed by atoms with Crippen molar-refractivity contribution in [1.29, 1.82) is 5.26 Å². The molecule has 1 N–H and O–H groups in total. The van der Waals surface area contributed by atoms with E-state index in [0.717, 1.165) is 11.3 Å². The normalized spacial score (nSPS) is 11.0. The Balaban J connectivity index is 2.88. The molecule has 0 fully saturated rings. The summed E-state index contributed by atoms with van der Waals surface area (Å²) in [5, 5.41) is 12.8. The van der Waals surface area contributed by atoms with E-state index < -0.39 is 0 Å². The number of aromatic nitrogens is 1. The SMILES string of the molecule is COCc1cc(C)nc(SCC(=O)NC(C)(C)C)c1C#N. The lowest BCUT2D eigenvalue weighted by molar-refractivity contribution is -0.119. The minimum absolute atomic E-state index is 0.0759. The van der Waals surface area contributed by atoms with Gasteiger partial charge in [-0.15, -0.1) is 0 Å². The largest absolute Gasteiger partial charge is 0.380 e. The van der Waals surface area contributed by atoms with Crippen molar-refractivity contribution in [3.8, 4) is 6.07 Å². The van der Waals surface area contributed by atoms with Crippen LogP contribution in [0.15, 0.2) is 11.1 Å². The summed E-state index contributed by atoms with van der Waals surface area (Å²) >= 11 is 1.27. The quantitative estimate of drug-likeness (QED) is 0.846. The van der Waals surface area contributed by atoms with Crippen LogP contribution in [0.2, 0.25) is 0 Å². The highest BCUT2D eigenvalue weighted by atomic mass is 32.2. The van der Waals surface area contributed by atoms with Gasteiger partial charge in [0.1, 0.15) is 11.1 Å². The molecule has 0 saturated heterocycles. The average Bonchev–Trinajstić information content (AvgIpc) is 2.34. The number of nitrogens with zero attached hydrogens (tertiary/aromatic N) is 2. The van der Waals surface area contributed by atoms with E-state index in [9.17, 15) is 10.1 Å². The lowest BCUT2D eigenvalue weighted by Crippen LogP contribution is -2.41. The lowest BCUT2D eigenvalue weighted by atomic mass is 10.1. The number of nitriles is 1. The Kier molecular flexibility index (Phi) is 6.19. The van der Waals surface area contributed by atoms with E-state index in [-0.39, 0.29) is 17.2 Å². The van der Waals surface area contributed by atoms with Gasteiger partial charge in [-0.25, -0.2) is 4.98 Å². The van der Waals surface area contributed by atoms with Crippen LogP contribution in [0.25, 0.3) is 0 Å². The molecule has 1 amide bonds. The maximum absolute atomic E-state index is 11.9. The molecule has 1 rings (SSSR count). The van der Waals surface area contributed by atoms with Gasteiger partial charge in [-0.2, -0.15) is 5.26 Å². The number of methoxy groups -OCH3 is 1. The highest BCUT2D eigenvalue weighted by molar-refractivity contribution is 8.00. The minimum atomic E-state index is -0.267. The second-order valence-corrected chi connectivity index (χ2v) is 6.70. The highest BCUT2D eigenvalue weighted by Crippen LogP contribution is 2.24. The fourth-order valence-corrected chi connectivity index (χ4v) is 2.66. The number of carbonyl (C=O) groups excluding carboxylic acids is 1. The first-order chi connectivity index (χ1) is 9.76. The first-order valence-corrected chi connectivity index (χ1v) is 7.58. The molecule has 0 aromatic carbocycles. The predicted octanol–water partition coefficient (Wildman–Crippen LogP) is 2.41. The molecule has 0 spiro atoms. The first kappa shape index (κ1) is 17.5. The van der Waals surface area contributed by atoms with Crippen molar-refractivity contribution in [2.75, 3.05) is 12.9 Å². The van der Waals surface area contributed by atoms with E-state index >= 15 is 0 Å². The molecule has 6 heteroatoms. The number of ether oxygens (including phenoxy) is 1. The van der Waals surface area contributed by atoms with Gasteiger partial charge >= 0.3 is 0 Å². The van der Waals surface area contributed by atoms with Crippen molar-refractivity contribution in [2.24, 2.45) is 0 Å². The minimum Gasteiger partial charge on any atom is -0.380 e. The molecule has 0 aliphatic carbocycles. The van der Waals surface area contributed by atoms with Crippen molar-refractivity contribution in [3.05, 3.63) is 22.9 Å². The van der Waals surface area contributed by atoms with Gasteiger partial charge in [-0.1, -0.05) is 11.8 Å². The number of amides is 1. The fraction of sp³-hybridized carbons (Fsp3) is 0.533. The lowest BCUT2D eigenvalue weighted by Gasteiger charge is -2.20. The Bertz CT molecular complexity index is 559. The van der Waals surface area contributed by atoms with E-state index in [2.05, 4.69) is 16.4 Å². The summed E-state index contributed by atoms with van der Waals surface area (Å²) in [6.45, 7) is 8.00. The van der Waals surface area contributed by atoms with Crippen LogP contribution in [0.5, 0.6) is 0 Å². The summed E-state index contributed by atoms with van der Waals surface area (Å²) in [6, 6.07) is 3.99. The molecule has 0 aliphatic heterocycles. The van der Waals surface area contributed by atoms with Crippen LogP contribution in [0.3, 0.4) is 0 Å². The predicted molar refractivity (Wildman–Crippen MR) is 83.0 cm³/mol. The molecule has 0 saturated carbocycles. The van der Waals surface area contributed by atoms with Crippen LogP contribution in [0, 0.1) is 18.3 Å². The Morgan fingerprint density at radius 3 is 2.71 bits per heavy atom. The molecular weight excluding hydrogens is 286 g/mol. The van der Waals surface area contributed by atoms with Crippen molar-refractivity contribution in [2.45, 2.75) is 44.9 Å². The van der Waals surface area contributed by atoms with E-state index in [1.807, 2.05) is 33.8 Å². The molecule has 0 radical (unpaired) electrons. The zero-order valence-corrected chi connectivity index (χ0v) is 13.9. The molecule has 1 aromatic rings. The van der Waals surface area contributed by atoms with Gasteiger partial charge in [0.05, 0.1) is 17.9 Å². The summed E-state index contributed by atoms with van der Waals surface area (Å²) in [6.07, 6.45) is 0. The Labute approximate surface area is 130 Å². The molecule has 0 atom stereocenters. The van der Waals surface area contributed by atoms with Crippen molar-refractivity contribution < 1.29 is 9.53 Å². The molecular formula is C15H21N3O2S. The molecule has 1 heterocycles. The van der Waals surface area contributed by atoms with Crippen LogP contribution < -0.4 is 5.32 Å². The van der Waals surface area contributed by atoms with Crippen LogP contribution >= 0.6 is 11.8 Å². The number of carbonyl (C=O) groups is 1. The van der Waals surface area contributed by atoms with Gasteiger partial charge in [0.2, 0.25) is 5.91 Å². The van der Waals surface area contributed by atoms with Gasteiger partial charge < -0.3 is 10.1 Å². The van der Waals surface area contributed by atoms with E-state index in [1.165, 1.54) is 11.8 Å². The maximum Gasteiger partial charge on any atom is 0.230 e. The summed E-state index contributed by atoms with van der Waals surface area (Å²) in [4.78, 5) is 16.2. The van der Waals surface area contributed by atoms with Crippen LogP contribution in [0.1, 0.15) is 37.6 Å². The Morgan fingerprint density at radius 2 is 2.19 bits per heavy atom. The third kappa shape index (κ3) is 5.74. The standard InChI is InChI=1S/C15H21N3O2S/c1-10-6-11(8-20-5)12(7-16)14(17-10)21-9-13(19)18-15(2,3)4/h6H,8-9H2,1-5H3,(H,18,19). The van der Waals surface area contributed by atoms with Crippen molar-refractivity contribution in [3.63, 3.8) is 0 Å². The summed E-state index contributed by atoms with van der Waals surface area (Å²) < 4.78 is 5.10. The van der Waals surface area contributed by atoms with E-state index in [1.54, 1.807) is 7.11 Å². The number of aryl methyl sites for hydroxylation is 1. The third-order valence-corrected chi connectivity index (χ3v) is 3.44. The first-order valence-electron chi connectivity index (χ1n) is 6.60. The number of pyridine rings is 1. The fourth-order valence-electron chi connectivity index (χ4n) is 1.79. The molecule has 1 aromatic heterocycles. The van der Waals surface area contributed by atoms with Gasteiger partial charge in [0.15, 0.2) is 0 Å². The number of rotatable bonds is 5. The number of nitrogens with one attached hydrogen (secondary N) is 1. The molecule has 5 nitrogen and oxygen atoms in total. The van der Waals surface area contributed by atoms with Gasteiger partial charge in [0, 0.05) is 18.3 Å². The van der Waals surface area contributed by atoms with Crippen LogP contribution in [-0.4, -0.2) is 29.3 Å². The topological polar surface area (TPSA) is 75.0 Å². The zero-order chi connectivity index (χ0) is 16.0. The van der Waals surface area contributed by atoms with Gasteiger partial charge in [-0.3, -0.25) is 4.79 Å². The molecule has 114 valence electrons. The molecule has 0 aliphatic rings. The molecule has 0 bridgehead atoms. The second-order valence-electron chi connectivity index (χ2n) is 5.73. The monoisotopic (exact) mass is 307 g/mol. The smallest absolute Gasteiger partial charge is 0.230 e. The highest BCUT2D eigenvalue weighted by Gasteiger charge is 2.16. The van der Waals surface area contributed by atoms with Crippen LogP contribution in [-0.2, 0) is 16.1 Å². The third-order valence-electron chi connectivity index (χ3n) is 2.46. The molecule has 0 unspecified atom stereocenters. The average molecular weight is 307 g/mol. The summed E-state index contributed by atoms with van der Waals surface area (Å²) in [5.74, 6) is 0.155. The molecule has 21 heavy (non-hydrogen) atoms. The maximum atomic E-state index is 11.9. The number of hydrogen-bond donors (Lipinski definition) is 1. The van der Waals surface area contributed by atoms with Crippen molar-refractivity contribution in [1.82, 2.24) is 10.3 Å². The zero-order valence-electron chi connectivity index (χ0n) is 13.1.